The molecule has 1 heterocycles. The summed E-state index contributed by atoms with van der Waals surface area (Å²) in [5, 5.41) is 15.5. The fourth-order valence-corrected chi connectivity index (χ4v) is 3.73. The van der Waals surface area contributed by atoms with Gasteiger partial charge in [-0.2, -0.15) is 0 Å². The Labute approximate surface area is 186 Å². The highest BCUT2D eigenvalue weighted by atomic mass is 16.5. The van der Waals surface area contributed by atoms with Gasteiger partial charge in [0.2, 0.25) is 0 Å². The Kier molecular flexibility index (Phi) is 8.32. The molecule has 3 rings (SSSR count). The van der Waals surface area contributed by atoms with Crippen molar-refractivity contribution in [3.8, 4) is 5.75 Å². The molecule has 0 bridgehead atoms. The first-order chi connectivity index (χ1) is 15.0. The van der Waals surface area contributed by atoms with Gasteiger partial charge in [0.15, 0.2) is 11.8 Å². The molecule has 2 N–H and O–H groups in total. The molecule has 7 heteroatoms. The van der Waals surface area contributed by atoms with Gasteiger partial charge in [-0.25, -0.2) is 4.99 Å². The molecule has 0 amide bonds. The van der Waals surface area contributed by atoms with Gasteiger partial charge >= 0.3 is 0 Å². The average molecular weight is 427 g/mol. The van der Waals surface area contributed by atoms with Crippen LogP contribution in [0.1, 0.15) is 75.1 Å². The highest BCUT2D eigenvalue weighted by molar-refractivity contribution is 5.80. The van der Waals surface area contributed by atoms with E-state index in [4.69, 9.17) is 9.73 Å². The predicted octanol–water partition coefficient (Wildman–Crippen LogP) is 4.18. The molecule has 1 aromatic carbocycles. The van der Waals surface area contributed by atoms with Crippen molar-refractivity contribution in [2.75, 3.05) is 0 Å². The standard InChI is InChI=1S/C24H38N6O/c1-6-18(3)31-22-14-17(2)12-13-20(22)15-25-24(27-21-10-8-7-9-11-21)26-16-23-29-28-19(4)30(23)5/h12-14,18,21H,6-11,15-16H2,1-5H3,(H2,25,26,27). The van der Waals surface area contributed by atoms with Gasteiger partial charge in [0, 0.05) is 18.7 Å². The number of nitrogens with one attached hydrogen (secondary N) is 2. The van der Waals surface area contributed by atoms with Crippen LogP contribution in [0.3, 0.4) is 0 Å². The summed E-state index contributed by atoms with van der Waals surface area (Å²) in [6.45, 7) is 9.45. The van der Waals surface area contributed by atoms with Crippen molar-refractivity contribution in [3.05, 3.63) is 41.0 Å². The van der Waals surface area contributed by atoms with E-state index < -0.39 is 0 Å². The lowest BCUT2D eigenvalue weighted by Gasteiger charge is -2.25. The van der Waals surface area contributed by atoms with Gasteiger partial charge in [-0.3, -0.25) is 0 Å². The number of benzene rings is 1. The molecule has 1 aromatic heterocycles. The fourth-order valence-electron chi connectivity index (χ4n) is 3.73. The highest BCUT2D eigenvalue weighted by Gasteiger charge is 2.16. The zero-order valence-electron chi connectivity index (χ0n) is 19.7. The van der Waals surface area contributed by atoms with E-state index in [9.17, 15) is 0 Å². The number of hydrogen-bond acceptors (Lipinski definition) is 4. The largest absolute Gasteiger partial charge is 0.490 e. The molecule has 1 aliphatic carbocycles. The molecule has 0 aliphatic heterocycles. The summed E-state index contributed by atoms with van der Waals surface area (Å²) in [5.41, 5.74) is 2.30. The van der Waals surface area contributed by atoms with Gasteiger partial charge in [0.25, 0.3) is 0 Å². The van der Waals surface area contributed by atoms with Crippen LogP contribution in [0.2, 0.25) is 0 Å². The van der Waals surface area contributed by atoms with Crippen LogP contribution in [-0.2, 0) is 20.1 Å². The first kappa shape index (κ1) is 23.1. The van der Waals surface area contributed by atoms with Crippen LogP contribution in [0.25, 0.3) is 0 Å². The zero-order chi connectivity index (χ0) is 22.2. The normalized spacial score (nSPS) is 16.2. The maximum atomic E-state index is 6.17. The van der Waals surface area contributed by atoms with E-state index in [1.165, 1.54) is 37.7 Å². The molecule has 1 fully saturated rings. The topological polar surface area (TPSA) is 76.4 Å². The lowest BCUT2D eigenvalue weighted by atomic mass is 9.96. The molecule has 0 spiro atoms. The quantitative estimate of drug-likeness (QED) is 0.489. The summed E-state index contributed by atoms with van der Waals surface area (Å²) in [6, 6.07) is 6.83. The van der Waals surface area contributed by atoms with Gasteiger partial charge in [0.05, 0.1) is 19.2 Å². The monoisotopic (exact) mass is 426 g/mol. The number of ether oxygens (including phenoxy) is 1. The van der Waals surface area contributed by atoms with E-state index in [-0.39, 0.29) is 6.10 Å². The SMILES string of the molecule is CCC(C)Oc1cc(C)ccc1CN=C(NCc1nnc(C)n1C)NC1CCCCC1. The third-order valence-electron chi connectivity index (χ3n) is 6.08. The van der Waals surface area contributed by atoms with E-state index in [0.717, 1.165) is 35.3 Å². The number of hydrogen-bond donors (Lipinski definition) is 2. The molecule has 2 aromatic rings. The van der Waals surface area contributed by atoms with E-state index in [2.05, 4.69) is 59.8 Å². The van der Waals surface area contributed by atoms with E-state index in [1.54, 1.807) is 0 Å². The van der Waals surface area contributed by atoms with Crippen LogP contribution >= 0.6 is 0 Å². The summed E-state index contributed by atoms with van der Waals surface area (Å²) in [7, 11) is 1.99. The molecular weight excluding hydrogens is 388 g/mol. The summed E-state index contributed by atoms with van der Waals surface area (Å²) in [6.07, 6.45) is 7.42. The minimum Gasteiger partial charge on any atom is -0.490 e. The lowest BCUT2D eigenvalue weighted by Crippen LogP contribution is -2.44. The number of guanidine groups is 1. The van der Waals surface area contributed by atoms with Crippen molar-refractivity contribution in [1.29, 1.82) is 0 Å². The predicted molar refractivity (Wildman–Crippen MR) is 125 cm³/mol. The Morgan fingerprint density at radius 3 is 2.68 bits per heavy atom. The van der Waals surface area contributed by atoms with Gasteiger partial charge in [-0.15, -0.1) is 10.2 Å². The minimum atomic E-state index is 0.182. The molecule has 1 aliphatic rings. The first-order valence-electron chi connectivity index (χ1n) is 11.6. The van der Waals surface area contributed by atoms with E-state index in [0.29, 0.717) is 19.1 Å². The van der Waals surface area contributed by atoms with Crippen molar-refractivity contribution in [2.24, 2.45) is 12.0 Å². The minimum absolute atomic E-state index is 0.182. The summed E-state index contributed by atoms with van der Waals surface area (Å²) < 4.78 is 8.18. The van der Waals surface area contributed by atoms with Gasteiger partial charge < -0.3 is 19.9 Å². The van der Waals surface area contributed by atoms with Gasteiger partial charge in [-0.05, 0) is 51.7 Å². The Balaban J connectivity index is 1.75. The van der Waals surface area contributed by atoms with Crippen LogP contribution < -0.4 is 15.4 Å². The number of rotatable bonds is 8. The van der Waals surface area contributed by atoms with E-state index in [1.807, 2.05) is 18.5 Å². The molecule has 31 heavy (non-hydrogen) atoms. The smallest absolute Gasteiger partial charge is 0.192 e. The number of aryl methyl sites for hydroxylation is 2. The lowest BCUT2D eigenvalue weighted by molar-refractivity contribution is 0.215. The van der Waals surface area contributed by atoms with Crippen molar-refractivity contribution >= 4 is 5.96 Å². The van der Waals surface area contributed by atoms with Crippen molar-refractivity contribution in [3.63, 3.8) is 0 Å². The second-order valence-electron chi connectivity index (χ2n) is 8.67. The summed E-state index contributed by atoms with van der Waals surface area (Å²) in [5.74, 6) is 3.55. The molecular formula is C24H38N6O. The van der Waals surface area contributed by atoms with Gasteiger partial charge in [-0.1, -0.05) is 38.3 Å². The molecule has 0 saturated heterocycles. The van der Waals surface area contributed by atoms with Crippen LogP contribution in [0.4, 0.5) is 0 Å². The Morgan fingerprint density at radius 2 is 2.00 bits per heavy atom. The highest BCUT2D eigenvalue weighted by Crippen LogP contribution is 2.23. The van der Waals surface area contributed by atoms with Crippen LogP contribution in [0.15, 0.2) is 23.2 Å². The zero-order valence-corrected chi connectivity index (χ0v) is 19.7. The first-order valence-corrected chi connectivity index (χ1v) is 11.6. The Hall–Kier alpha value is -2.57. The third kappa shape index (κ3) is 6.71. The molecule has 1 atom stereocenters. The second kappa shape index (κ2) is 11.2. The van der Waals surface area contributed by atoms with Crippen molar-refractivity contribution < 1.29 is 4.74 Å². The molecule has 1 saturated carbocycles. The third-order valence-corrected chi connectivity index (χ3v) is 6.08. The molecule has 1 unspecified atom stereocenters. The maximum absolute atomic E-state index is 6.17. The summed E-state index contributed by atoms with van der Waals surface area (Å²) in [4.78, 5) is 4.92. The van der Waals surface area contributed by atoms with Gasteiger partial charge in [0.1, 0.15) is 11.6 Å². The number of nitrogens with zero attached hydrogens (tertiary/aromatic N) is 4. The second-order valence-corrected chi connectivity index (χ2v) is 8.67. The molecule has 170 valence electrons. The van der Waals surface area contributed by atoms with Crippen LogP contribution in [-0.4, -0.2) is 32.9 Å². The number of aromatic nitrogens is 3. The molecule has 7 nitrogen and oxygen atoms in total. The average Bonchev–Trinajstić information content (AvgIpc) is 3.09. The fraction of sp³-hybridized carbons (Fsp3) is 0.625. The van der Waals surface area contributed by atoms with Crippen LogP contribution in [0.5, 0.6) is 5.75 Å². The Bertz CT molecular complexity index is 869. The summed E-state index contributed by atoms with van der Waals surface area (Å²) >= 11 is 0. The Morgan fingerprint density at radius 1 is 1.23 bits per heavy atom. The number of aliphatic imine (C=N–C) groups is 1. The van der Waals surface area contributed by atoms with Crippen molar-refractivity contribution in [1.82, 2.24) is 25.4 Å². The molecule has 0 radical (unpaired) electrons. The maximum Gasteiger partial charge on any atom is 0.192 e. The van der Waals surface area contributed by atoms with E-state index >= 15 is 0 Å². The van der Waals surface area contributed by atoms with Crippen molar-refractivity contribution in [2.45, 2.75) is 91.5 Å². The van der Waals surface area contributed by atoms with Crippen LogP contribution in [0, 0.1) is 13.8 Å².